The number of hydrogen-bond acceptors (Lipinski definition) is 5. The van der Waals surface area contributed by atoms with Gasteiger partial charge in [0.2, 0.25) is 0 Å². The number of halogens is 1. The van der Waals surface area contributed by atoms with Gasteiger partial charge in [0.05, 0.1) is 31.1 Å². The van der Waals surface area contributed by atoms with Crippen LogP contribution in [0.15, 0.2) is 35.4 Å². The van der Waals surface area contributed by atoms with Gasteiger partial charge in [0, 0.05) is 6.42 Å². The zero-order chi connectivity index (χ0) is 21.2. The quantitative estimate of drug-likeness (QED) is 0.342. The molecule has 2 rings (SSSR count). The maximum absolute atomic E-state index is 10.7. The number of primary amides is 1. The third-order valence-electron chi connectivity index (χ3n) is 4.00. The van der Waals surface area contributed by atoms with Gasteiger partial charge in [-0.15, -0.1) is 0 Å². The van der Waals surface area contributed by atoms with E-state index in [4.69, 9.17) is 31.5 Å². The van der Waals surface area contributed by atoms with Crippen LogP contribution < -0.4 is 25.4 Å². The molecule has 0 bridgehead atoms. The van der Waals surface area contributed by atoms with E-state index in [1.165, 1.54) is 17.3 Å². The molecule has 2 amide bonds. The highest BCUT2D eigenvalue weighted by molar-refractivity contribution is 6.32. The number of hydrazone groups is 1. The number of nitrogens with two attached hydrogens (primary N) is 1. The van der Waals surface area contributed by atoms with Crippen molar-refractivity contribution in [1.82, 2.24) is 5.43 Å². The molecular weight excluding hydrogens is 394 g/mol. The minimum atomic E-state index is -0.750. The van der Waals surface area contributed by atoms with Crippen LogP contribution in [-0.4, -0.2) is 32.1 Å². The van der Waals surface area contributed by atoms with Crippen LogP contribution in [0, 0.1) is 13.8 Å². The Kier molecular flexibility index (Phi) is 8.61. The summed E-state index contributed by atoms with van der Waals surface area (Å²) in [6, 6.07) is 8.66. The van der Waals surface area contributed by atoms with Crippen LogP contribution in [0.4, 0.5) is 4.79 Å². The van der Waals surface area contributed by atoms with Gasteiger partial charge in [-0.05, 0) is 61.7 Å². The lowest BCUT2D eigenvalue weighted by Crippen LogP contribution is -2.24. The minimum absolute atomic E-state index is 0.381. The average Bonchev–Trinajstić information content (AvgIpc) is 2.66. The lowest BCUT2D eigenvalue weighted by molar-refractivity contribution is 0.236. The first-order chi connectivity index (χ1) is 13.9. The Morgan fingerprint density at radius 1 is 1.14 bits per heavy atom. The van der Waals surface area contributed by atoms with E-state index < -0.39 is 6.03 Å². The number of nitrogens with zero attached hydrogens (tertiary/aromatic N) is 1. The molecule has 0 unspecified atom stereocenters. The van der Waals surface area contributed by atoms with Crippen molar-refractivity contribution in [3.63, 3.8) is 0 Å². The van der Waals surface area contributed by atoms with E-state index in [-0.39, 0.29) is 0 Å². The zero-order valence-electron chi connectivity index (χ0n) is 16.8. The summed E-state index contributed by atoms with van der Waals surface area (Å²) in [4.78, 5) is 10.7. The molecule has 0 radical (unpaired) electrons. The Labute approximate surface area is 175 Å². The van der Waals surface area contributed by atoms with E-state index in [1.807, 2.05) is 25.1 Å². The fourth-order valence-corrected chi connectivity index (χ4v) is 2.74. The van der Waals surface area contributed by atoms with Gasteiger partial charge in [0.1, 0.15) is 5.75 Å². The molecule has 0 heterocycles. The molecule has 29 heavy (non-hydrogen) atoms. The van der Waals surface area contributed by atoms with Crippen LogP contribution in [0.3, 0.4) is 0 Å². The summed E-state index contributed by atoms with van der Waals surface area (Å²) < 4.78 is 17.2. The zero-order valence-corrected chi connectivity index (χ0v) is 17.6. The Bertz CT molecular complexity index is 871. The number of aryl methyl sites for hydroxylation is 2. The van der Waals surface area contributed by atoms with Crippen molar-refractivity contribution in [2.75, 3.05) is 19.8 Å². The number of amides is 2. The van der Waals surface area contributed by atoms with Crippen LogP contribution in [0.5, 0.6) is 17.2 Å². The second kappa shape index (κ2) is 11.2. The molecule has 156 valence electrons. The highest BCUT2D eigenvalue weighted by atomic mass is 35.5. The fraction of sp³-hybridized carbons (Fsp3) is 0.333. The molecule has 0 aliphatic carbocycles. The molecule has 0 saturated heterocycles. The average molecular weight is 420 g/mol. The van der Waals surface area contributed by atoms with Crippen LogP contribution in [-0.2, 0) is 0 Å². The molecule has 0 aliphatic rings. The van der Waals surface area contributed by atoms with E-state index in [0.29, 0.717) is 48.3 Å². The van der Waals surface area contributed by atoms with Crippen LogP contribution >= 0.6 is 11.6 Å². The molecule has 0 spiro atoms. The molecule has 2 aromatic rings. The van der Waals surface area contributed by atoms with Gasteiger partial charge in [-0.25, -0.2) is 10.2 Å². The minimum Gasteiger partial charge on any atom is -0.493 e. The number of nitrogens with one attached hydrogen (secondary N) is 1. The third kappa shape index (κ3) is 7.19. The van der Waals surface area contributed by atoms with E-state index in [1.54, 1.807) is 12.1 Å². The second-order valence-electron chi connectivity index (χ2n) is 6.29. The lowest BCUT2D eigenvalue weighted by Gasteiger charge is -2.14. The van der Waals surface area contributed by atoms with Gasteiger partial charge in [0.15, 0.2) is 11.5 Å². The molecule has 2 aromatic carbocycles. The smallest absolute Gasteiger partial charge is 0.332 e. The first kappa shape index (κ1) is 22.4. The molecule has 0 atom stereocenters. The SMILES string of the molecule is CCOc1cc(/C=N/NC(N)=O)cc(Cl)c1OCCCOc1ccc(C)c(C)c1. The summed E-state index contributed by atoms with van der Waals surface area (Å²) >= 11 is 6.34. The maximum atomic E-state index is 10.7. The number of carbonyl (C=O) groups excluding carboxylic acids is 1. The number of ether oxygens (including phenoxy) is 3. The number of rotatable bonds is 10. The van der Waals surface area contributed by atoms with E-state index in [2.05, 4.69) is 24.4 Å². The monoisotopic (exact) mass is 419 g/mol. The molecule has 0 fully saturated rings. The van der Waals surface area contributed by atoms with Gasteiger partial charge < -0.3 is 19.9 Å². The highest BCUT2D eigenvalue weighted by Gasteiger charge is 2.12. The molecule has 0 aromatic heterocycles. The third-order valence-corrected chi connectivity index (χ3v) is 4.28. The topological polar surface area (TPSA) is 95.2 Å². The van der Waals surface area contributed by atoms with Gasteiger partial charge >= 0.3 is 6.03 Å². The van der Waals surface area contributed by atoms with Crippen molar-refractivity contribution >= 4 is 23.8 Å². The second-order valence-corrected chi connectivity index (χ2v) is 6.70. The molecule has 8 heteroatoms. The summed E-state index contributed by atoms with van der Waals surface area (Å²) in [5.74, 6) is 1.80. The molecule has 0 saturated carbocycles. The predicted octanol–water partition coefficient (Wildman–Crippen LogP) is 4.21. The van der Waals surface area contributed by atoms with Crippen molar-refractivity contribution in [2.45, 2.75) is 27.2 Å². The van der Waals surface area contributed by atoms with Crippen LogP contribution in [0.1, 0.15) is 30.0 Å². The van der Waals surface area contributed by atoms with Crippen molar-refractivity contribution < 1.29 is 19.0 Å². The Balaban J connectivity index is 1.93. The first-order valence-corrected chi connectivity index (χ1v) is 9.66. The van der Waals surface area contributed by atoms with Crippen LogP contribution in [0.25, 0.3) is 0 Å². The highest BCUT2D eigenvalue weighted by Crippen LogP contribution is 2.36. The largest absolute Gasteiger partial charge is 0.493 e. The summed E-state index contributed by atoms with van der Waals surface area (Å²) in [5, 5.41) is 4.10. The number of urea groups is 1. The molecule has 7 nitrogen and oxygen atoms in total. The fourth-order valence-electron chi connectivity index (χ4n) is 2.46. The Hall–Kier alpha value is -2.93. The van der Waals surface area contributed by atoms with Gasteiger partial charge in [-0.2, -0.15) is 5.10 Å². The van der Waals surface area contributed by atoms with E-state index in [0.717, 1.165) is 5.75 Å². The number of carbonyl (C=O) groups is 1. The van der Waals surface area contributed by atoms with Gasteiger partial charge in [0.25, 0.3) is 0 Å². The lowest BCUT2D eigenvalue weighted by atomic mass is 10.1. The molecule has 0 aliphatic heterocycles. The Morgan fingerprint density at radius 2 is 1.90 bits per heavy atom. The molecule has 3 N–H and O–H groups in total. The van der Waals surface area contributed by atoms with E-state index in [9.17, 15) is 4.79 Å². The normalized spacial score (nSPS) is 10.8. The summed E-state index contributed by atoms with van der Waals surface area (Å²) in [5.41, 5.74) is 10.2. The van der Waals surface area contributed by atoms with Crippen molar-refractivity contribution in [2.24, 2.45) is 10.8 Å². The maximum Gasteiger partial charge on any atom is 0.332 e. The number of hydrogen-bond donors (Lipinski definition) is 2. The Morgan fingerprint density at radius 3 is 2.59 bits per heavy atom. The van der Waals surface area contributed by atoms with E-state index >= 15 is 0 Å². The van der Waals surface area contributed by atoms with Crippen LogP contribution in [0.2, 0.25) is 5.02 Å². The predicted molar refractivity (Wildman–Crippen MR) is 114 cm³/mol. The van der Waals surface area contributed by atoms with Crippen molar-refractivity contribution in [1.29, 1.82) is 0 Å². The van der Waals surface area contributed by atoms with Crippen molar-refractivity contribution in [3.8, 4) is 17.2 Å². The van der Waals surface area contributed by atoms with Gasteiger partial charge in [-0.1, -0.05) is 17.7 Å². The van der Waals surface area contributed by atoms with Gasteiger partial charge in [-0.3, -0.25) is 0 Å². The summed E-state index contributed by atoms with van der Waals surface area (Å²) in [7, 11) is 0. The number of benzene rings is 2. The standard InChI is InChI=1S/C21H26ClN3O4/c1-4-27-19-12-16(13-24-25-21(23)26)11-18(22)20(19)29-9-5-8-28-17-7-6-14(2)15(3)10-17/h6-7,10-13H,4-5,8-9H2,1-3H3,(H3,23,25,26)/b24-13+. The first-order valence-electron chi connectivity index (χ1n) is 9.28. The summed E-state index contributed by atoms with van der Waals surface area (Å²) in [6.45, 7) is 7.38. The van der Waals surface area contributed by atoms with Crippen molar-refractivity contribution in [3.05, 3.63) is 52.0 Å². The summed E-state index contributed by atoms with van der Waals surface area (Å²) in [6.07, 6.45) is 2.10. The molecular formula is C21H26ClN3O4.